The largest absolute Gasteiger partial charge is 0.448 e. The number of nitrogens with one attached hydrogen (secondary N) is 1. The highest BCUT2D eigenvalue weighted by atomic mass is 32.4. The molecule has 4 aromatic carbocycles. The Balaban J connectivity index is 1.31. The van der Waals surface area contributed by atoms with Crippen LogP contribution in [-0.4, -0.2) is 59.5 Å². The third-order valence-corrected chi connectivity index (χ3v) is 15.0. The number of amides is 2. The molecule has 6 nitrogen and oxygen atoms in total. The molecule has 0 saturated carbocycles. The van der Waals surface area contributed by atoms with Gasteiger partial charge in [-0.3, -0.25) is 9.69 Å². The van der Waals surface area contributed by atoms with Gasteiger partial charge in [0.15, 0.2) is 0 Å². The first kappa shape index (κ1) is 31.2. The summed E-state index contributed by atoms with van der Waals surface area (Å²) >= 11 is 6.63. The van der Waals surface area contributed by atoms with E-state index in [4.69, 9.17) is 16.5 Å². The van der Waals surface area contributed by atoms with Crippen LogP contribution in [-0.2, 0) is 21.3 Å². The van der Waals surface area contributed by atoms with E-state index in [9.17, 15) is 14.7 Å². The molecule has 232 valence electrons. The van der Waals surface area contributed by atoms with Crippen molar-refractivity contribution in [3.63, 3.8) is 0 Å². The smallest absolute Gasteiger partial charge is 0.410 e. The third-order valence-electron chi connectivity index (χ3n) is 9.28. The van der Waals surface area contributed by atoms with Gasteiger partial charge in [-0.05, 0) is 45.2 Å². The van der Waals surface area contributed by atoms with Crippen molar-refractivity contribution in [1.82, 2.24) is 10.2 Å². The Kier molecular flexibility index (Phi) is 9.23. The fraction of sp³-hybridized carbons (Fsp3) is 0.297. The summed E-state index contributed by atoms with van der Waals surface area (Å²) in [6.45, 7) is 4.19. The van der Waals surface area contributed by atoms with E-state index in [1.165, 1.54) is 0 Å². The van der Waals surface area contributed by atoms with Crippen LogP contribution in [0.15, 0.2) is 109 Å². The van der Waals surface area contributed by atoms with E-state index in [-0.39, 0.29) is 36.6 Å². The Bertz CT molecular complexity index is 1630. The molecule has 0 bridgehead atoms. The van der Waals surface area contributed by atoms with Gasteiger partial charge in [0, 0.05) is 24.2 Å². The summed E-state index contributed by atoms with van der Waals surface area (Å²) in [4.78, 5) is 29.5. The van der Waals surface area contributed by atoms with E-state index in [1.54, 1.807) is 4.90 Å². The van der Waals surface area contributed by atoms with Gasteiger partial charge in [-0.2, -0.15) is 0 Å². The number of nitrogens with zero attached hydrogens (tertiary/aromatic N) is 1. The van der Waals surface area contributed by atoms with E-state index in [2.05, 4.69) is 53.8 Å². The van der Waals surface area contributed by atoms with Crippen LogP contribution in [0.25, 0.3) is 11.1 Å². The average Bonchev–Trinajstić information content (AvgIpc) is 3.67. The molecule has 1 fully saturated rings. The van der Waals surface area contributed by atoms with Crippen molar-refractivity contribution in [2.24, 2.45) is 5.92 Å². The molecule has 4 aromatic rings. The minimum absolute atomic E-state index is 0.0261. The molecule has 1 saturated heterocycles. The number of aliphatic hydroxyl groups excluding tert-OH is 1. The van der Waals surface area contributed by atoms with Crippen LogP contribution in [0, 0.1) is 5.92 Å². The lowest BCUT2D eigenvalue weighted by molar-refractivity contribution is -0.126. The van der Waals surface area contributed by atoms with Crippen LogP contribution in [0.2, 0.25) is 0 Å². The van der Waals surface area contributed by atoms with Crippen LogP contribution in [0.3, 0.4) is 0 Å². The first-order chi connectivity index (χ1) is 21.8. The Morgan fingerprint density at radius 3 is 1.89 bits per heavy atom. The average molecular weight is 639 g/mol. The summed E-state index contributed by atoms with van der Waals surface area (Å²) in [5.74, 6) is -0.356. The molecule has 1 heterocycles. The lowest BCUT2D eigenvalue weighted by atomic mass is 9.98. The van der Waals surface area contributed by atoms with E-state index >= 15 is 0 Å². The van der Waals surface area contributed by atoms with Crippen molar-refractivity contribution in [2.75, 3.05) is 19.8 Å². The second kappa shape index (κ2) is 13.3. The predicted molar refractivity (Wildman–Crippen MR) is 184 cm³/mol. The van der Waals surface area contributed by atoms with E-state index in [1.807, 2.05) is 74.5 Å². The molecule has 2 amide bonds. The minimum atomic E-state index is -2.46. The number of ether oxygens (including phenoxy) is 1. The fourth-order valence-corrected chi connectivity index (χ4v) is 11.2. The SMILES string of the molecule is CC(C)[C@@H](CO)NC(=O)[C@@H]1C[C@H](P(=S)(c2ccccc2)c2ccccc2)CN1C(=O)OCC1c2ccccc2-c2ccccc21. The van der Waals surface area contributed by atoms with Crippen molar-refractivity contribution in [2.45, 2.75) is 43.9 Å². The predicted octanol–water partition coefficient (Wildman–Crippen LogP) is 5.64. The number of likely N-dealkylation sites (tertiary alicyclic amines) is 1. The molecule has 6 rings (SSSR count). The zero-order valence-electron chi connectivity index (χ0n) is 25.6. The fourth-order valence-electron chi connectivity index (χ4n) is 6.78. The summed E-state index contributed by atoms with van der Waals surface area (Å²) < 4.78 is 6.09. The zero-order valence-corrected chi connectivity index (χ0v) is 27.3. The number of fused-ring (bicyclic) bond motifs is 3. The van der Waals surface area contributed by atoms with Crippen molar-refractivity contribution >= 4 is 40.5 Å². The minimum Gasteiger partial charge on any atom is -0.448 e. The van der Waals surface area contributed by atoms with Crippen LogP contribution in [0.5, 0.6) is 0 Å². The Labute approximate surface area is 270 Å². The van der Waals surface area contributed by atoms with Gasteiger partial charge in [0.2, 0.25) is 5.91 Å². The molecule has 2 aliphatic rings. The molecule has 0 unspecified atom stereocenters. The summed E-state index contributed by atoms with van der Waals surface area (Å²) in [6, 6.07) is 33.0. The molecule has 45 heavy (non-hydrogen) atoms. The number of carbonyl (C=O) groups excluding carboxylic acids is 2. The van der Waals surface area contributed by atoms with Gasteiger partial charge in [-0.25, -0.2) is 4.79 Å². The zero-order chi connectivity index (χ0) is 31.6. The van der Waals surface area contributed by atoms with Gasteiger partial charge in [-0.15, -0.1) is 0 Å². The number of aliphatic hydroxyl groups is 1. The molecule has 1 aliphatic carbocycles. The molecule has 3 atom stereocenters. The van der Waals surface area contributed by atoms with Gasteiger partial charge in [0.05, 0.1) is 12.6 Å². The molecular weight excluding hydrogens is 599 g/mol. The van der Waals surface area contributed by atoms with Gasteiger partial charge in [-0.1, -0.05) is 135 Å². The maximum Gasteiger partial charge on any atom is 0.410 e. The maximum atomic E-state index is 14.0. The van der Waals surface area contributed by atoms with E-state index in [0.717, 1.165) is 32.9 Å². The summed E-state index contributed by atoms with van der Waals surface area (Å²) in [7, 11) is 0. The van der Waals surface area contributed by atoms with Gasteiger partial charge in [0.1, 0.15) is 12.6 Å². The van der Waals surface area contributed by atoms with Crippen molar-refractivity contribution < 1.29 is 19.4 Å². The highest BCUT2D eigenvalue weighted by Crippen LogP contribution is 2.53. The molecule has 0 spiro atoms. The van der Waals surface area contributed by atoms with E-state index < -0.39 is 24.2 Å². The first-order valence-electron chi connectivity index (χ1n) is 15.6. The van der Waals surface area contributed by atoms with Crippen LogP contribution >= 0.6 is 6.04 Å². The lowest BCUT2D eigenvalue weighted by Gasteiger charge is -2.29. The van der Waals surface area contributed by atoms with Crippen LogP contribution in [0.1, 0.15) is 37.3 Å². The van der Waals surface area contributed by atoms with Gasteiger partial charge >= 0.3 is 6.09 Å². The number of hydrogen-bond acceptors (Lipinski definition) is 5. The summed E-state index contributed by atoms with van der Waals surface area (Å²) in [5.41, 5.74) is 4.43. The van der Waals surface area contributed by atoms with Crippen molar-refractivity contribution in [3.05, 3.63) is 120 Å². The standard InChI is InChI=1S/C37H39N2O4PS/c1-25(2)34(23-40)38-36(41)35-21-28(44(45,26-13-5-3-6-14-26)27-15-7-4-8-16-27)22-39(35)37(42)43-24-33-31-19-11-9-17-29(31)30-18-10-12-20-32(30)33/h3-20,25,28,33-35,40H,21-24H2,1-2H3,(H,38,41)/t28-,34+,35-/m0/s1. The maximum absolute atomic E-state index is 14.0. The molecule has 0 aromatic heterocycles. The molecular formula is C37H39N2O4PS. The number of carbonyl (C=O) groups is 2. The highest BCUT2D eigenvalue weighted by molar-refractivity contribution is 8.22. The van der Waals surface area contributed by atoms with Crippen LogP contribution in [0.4, 0.5) is 4.79 Å². The molecule has 0 radical (unpaired) electrons. The monoisotopic (exact) mass is 638 g/mol. The second-order valence-corrected chi connectivity index (χ2v) is 17.0. The molecule has 8 heteroatoms. The van der Waals surface area contributed by atoms with Crippen molar-refractivity contribution in [1.29, 1.82) is 0 Å². The quantitative estimate of drug-likeness (QED) is 0.232. The molecule has 1 aliphatic heterocycles. The number of rotatable bonds is 9. The Morgan fingerprint density at radius 2 is 1.38 bits per heavy atom. The first-order valence-corrected chi connectivity index (χ1v) is 18.4. The Morgan fingerprint density at radius 1 is 0.867 bits per heavy atom. The third kappa shape index (κ3) is 5.97. The lowest BCUT2D eigenvalue weighted by Crippen LogP contribution is -2.51. The second-order valence-electron chi connectivity index (χ2n) is 12.2. The number of benzene rings is 4. The van der Waals surface area contributed by atoms with Crippen molar-refractivity contribution in [3.8, 4) is 11.1 Å². The van der Waals surface area contributed by atoms with Gasteiger partial charge < -0.3 is 15.2 Å². The highest BCUT2D eigenvalue weighted by Gasteiger charge is 2.47. The summed E-state index contributed by atoms with van der Waals surface area (Å²) in [5, 5.41) is 15.1. The molecule has 2 N–H and O–H groups in total. The summed E-state index contributed by atoms with van der Waals surface area (Å²) in [6.07, 6.45) is -0.111. The van der Waals surface area contributed by atoms with Gasteiger partial charge in [0.25, 0.3) is 0 Å². The normalized spacial score (nSPS) is 18.4. The number of hydrogen-bond donors (Lipinski definition) is 2. The Hall–Kier alpha value is -3.77. The van der Waals surface area contributed by atoms with Crippen LogP contribution < -0.4 is 15.9 Å². The topological polar surface area (TPSA) is 78.9 Å². The van der Waals surface area contributed by atoms with E-state index in [0.29, 0.717) is 13.0 Å².